The molecule has 0 aromatic heterocycles. The molecule has 0 unspecified atom stereocenters. The maximum absolute atomic E-state index is 12.5. The van der Waals surface area contributed by atoms with E-state index in [9.17, 15) is 19.8 Å². The summed E-state index contributed by atoms with van der Waals surface area (Å²) in [5.41, 5.74) is -1.55. The molecule has 4 N–H and O–H groups in total. The second kappa shape index (κ2) is 11.2. The molecule has 0 saturated carbocycles. The Hall–Kier alpha value is -2.12. The Labute approximate surface area is 173 Å². The molecule has 2 amide bonds. The summed E-state index contributed by atoms with van der Waals surface area (Å²) in [6, 6.07) is 4.65. The van der Waals surface area contributed by atoms with E-state index >= 15 is 0 Å². The Kier molecular flexibility index (Phi) is 9.59. The molecule has 29 heavy (non-hydrogen) atoms. The zero-order valence-electron chi connectivity index (χ0n) is 18.3. The van der Waals surface area contributed by atoms with Gasteiger partial charge in [-0.2, -0.15) is 0 Å². The lowest BCUT2D eigenvalue weighted by Crippen LogP contribution is -2.39. The molecule has 1 aromatic carbocycles. The molecule has 0 atom stereocenters. The summed E-state index contributed by atoms with van der Waals surface area (Å²) in [6.45, 7) is 9.17. The van der Waals surface area contributed by atoms with Crippen LogP contribution in [0, 0.1) is 0 Å². The second-order valence-electron chi connectivity index (χ2n) is 8.65. The van der Waals surface area contributed by atoms with Crippen molar-refractivity contribution in [3.63, 3.8) is 0 Å². The molecule has 0 aliphatic carbocycles. The number of benzene rings is 1. The zero-order chi connectivity index (χ0) is 22.1. The number of nitrogens with one attached hydrogen (secondary N) is 2. The van der Waals surface area contributed by atoms with Gasteiger partial charge in [-0.1, -0.05) is 26.2 Å². The van der Waals surface area contributed by atoms with Gasteiger partial charge in [-0.05, 0) is 52.3 Å². The van der Waals surface area contributed by atoms with E-state index in [2.05, 4.69) is 17.6 Å². The standard InChI is InChI=1S/C22H36N2O5/c1-6-7-8-9-10-29-18-12-16(19(25)23-14-21(2,3)27)11-17(13-18)20(26)24-15-22(4,5)28/h11-13,27-28H,6-10,14-15H2,1-5H3,(H,23,25)(H,24,26). The van der Waals surface area contributed by atoms with E-state index in [0.29, 0.717) is 12.4 Å². The minimum absolute atomic E-state index is 0.0775. The van der Waals surface area contributed by atoms with Crippen molar-refractivity contribution in [2.24, 2.45) is 0 Å². The summed E-state index contributed by atoms with van der Waals surface area (Å²) in [4.78, 5) is 25.0. The molecule has 7 heteroatoms. The van der Waals surface area contributed by atoms with Gasteiger partial charge in [-0.3, -0.25) is 9.59 Å². The molecular weight excluding hydrogens is 372 g/mol. The first-order valence-corrected chi connectivity index (χ1v) is 10.2. The van der Waals surface area contributed by atoms with Gasteiger partial charge in [0, 0.05) is 24.2 Å². The van der Waals surface area contributed by atoms with E-state index in [4.69, 9.17) is 4.74 Å². The predicted molar refractivity (Wildman–Crippen MR) is 113 cm³/mol. The highest BCUT2D eigenvalue weighted by Crippen LogP contribution is 2.19. The number of amides is 2. The van der Waals surface area contributed by atoms with Crippen molar-refractivity contribution in [1.82, 2.24) is 10.6 Å². The van der Waals surface area contributed by atoms with Gasteiger partial charge < -0.3 is 25.6 Å². The summed E-state index contributed by atoms with van der Waals surface area (Å²) < 4.78 is 5.77. The van der Waals surface area contributed by atoms with Crippen molar-refractivity contribution in [3.8, 4) is 5.75 Å². The fourth-order valence-corrected chi connectivity index (χ4v) is 2.46. The van der Waals surface area contributed by atoms with Crippen LogP contribution < -0.4 is 15.4 Å². The second-order valence-corrected chi connectivity index (χ2v) is 8.65. The fourth-order valence-electron chi connectivity index (χ4n) is 2.46. The third kappa shape index (κ3) is 10.9. The number of unbranched alkanes of at least 4 members (excludes halogenated alkanes) is 3. The van der Waals surface area contributed by atoms with E-state index < -0.39 is 23.0 Å². The quantitative estimate of drug-likeness (QED) is 0.398. The van der Waals surface area contributed by atoms with Gasteiger partial charge in [-0.15, -0.1) is 0 Å². The summed E-state index contributed by atoms with van der Waals surface area (Å²) in [5, 5.41) is 24.9. The van der Waals surface area contributed by atoms with Crippen molar-refractivity contribution < 1.29 is 24.5 Å². The first-order valence-electron chi connectivity index (χ1n) is 10.2. The van der Waals surface area contributed by atoms with Crippen LogP contribution in [0.5, 0.6) is 5.75 Å². The molecule has 0 saturated heterocycles. The normalized spacial score (nSPS) is 11.8. The molecule has 0 radical (unpaired) electrons. The average Bonchev–Trinajstić information content (AvgIpc) is 2.62. The molecule has 0 bridgehead atoms. The van der Waals surface area contributed by atoms with E-state index in [1.54, 1.807) is 39.8 Å². The number of aliphatic hydroxyl groups is 2. The van der Waals surface area contributed by atoms with Gasteiger partial charge in [-0.25, -0.2) is 0 Å². The molecule has 1 rings (SSSR count). The van der Waals surface area contributed by atoms with Crippen LogP contribution in [-0.2, 0) is 0 Å². The van der Waals surface area contributed by atoms with Crippen LogP contribution in [0.15, 0.2) is 18.2 Å². The lowest BCUT2D eigenvalue weighted by atomic mass is 10.1. The van der Waals surface area contributed by atoms with Crippen LogP contribution in [0.25, 0.3) is 0 Å². The van der Waals surface area contributed by atoms with Crippen molar-refractivity contribution in [3.05, 3.63) is 29.3 Å². The van der Waals surface area contributed by atoms with E-state index in [0.717, 1.165) is 25.7 Å². The number of ether oxygens (including phenoxy) is 1. The van der Waals surface area contributed by atoms with Crippen LogP contribution in [0.3, 0.4) is 0 Å². The molecule has 0 aliphatic heterocycles. The maximum atomic E-state index is 12.5. The van der Waals surface area contributed by atoms with Crippen molar-refractivity contribution in [1.29, 1.82) is 0 Å². The van der Waals surface area contributed by atoms with Crippen molar-refractivity contribution >= 4 is 11.8 Å². The Morgan fingerprint density at radius 3 is 1.76 bits per heavy atom. The highest BCUT2D eigenvalue weighted by atomic mass is 16.5. The zero-order valence-corrected chi connectivity index (χ0v) is 18.3. The summed E-state index contributed by atoms with van der Waals surface area (Å²) in [5.74, 6) is -0.369. The SMILES string of the molecule is CCCCCCOc1cc(C(=O)NCC(C)(C)O)cc(C(=O)NCC(C)(C)O)c1. The van der Waals surface area contributed by atoms with Gasteiger partial charge in [0.15, 0.2) is 0 Å². The summed E-state index contributed by atoms with van der Waals surface area (Å²) >= 11 is 0. The van der Waals surface area contributed by atoms with Gasteiger partial charge >= 0.3 is 0 Å². The van der Waals surface area contributed by atoms with Crippen LogP contribution in [0.4, 0.5) is 0 Å². The van der Waals surface area contributed by atoms with Crippen molar-refractivity contribution in [2.45, 2.75) is 71.5 Å². The minimum atomic E-state index is -1.05. The van der Waals surface area contributed by atoms with E-state index in [1.165, 1.54) is 6.07 Å². The maximum Gasteiger partial charge on any atom is 0.251 e. The first kappa shape index (κ1) is 24.9. The molecule has 0 heterocycles. The van der Waals surface area contributed by atoms with Gasteiger partial charge in [0.1, 0.15) is 5.75 Å². The van der Waals surface area contributed by atoms with Crippen LogP contribution >= 0.6 is 0 Å². The van der Waals surface area contributed by atoms with Crippen molar-refractivity contribution in [2.75, 3.05) is 19.7 Å². The Bertz CT molecular complexity index is 627. The number of hydrogen-bond donors (Lipinski definition) is 4. The third-order valence-electron chi connectivity index (χ3n) is 4.06. The molecular formula is C22H36N2O5. The Morgan fingerprint density at radius 2 is 1.34 bits per heavy atom. The monoisotopic (exact) mass is 408 g/mol. The third-order valence-corrected chi connectivity index (χ3v) is 4.06. The summed E-state index contributed by atoms with van der Waals surface area (Å²) in [7, 11) is 0. The number of carbonyl (C=O) groups is 2. The number of carbonyl (C=O) groups excluding carboxylic acids is 2. The molecule has 0 fully saturated rings. The molecule has 164 valence electrons. The topological polar surface area (TPSA) is 108 Å². The van der Waals surface area contributed by atoms with E-state index in [1.807, 2.05) is 0 Å². The van der Waals surface area contributed by atoms with Crippen LogP contribution in [0.1, 0.15) is 81.0 Å². The Balaban J connectivity index is 2.95. The lowest BCUT2D eigenvalue weighted by molar-refractivity contribution is 0.0690. The summed E-state index contributed by atoms with van der Waals surface area (Å²) in [6.07, 6.45) is 4.21. The highest BCUT2D eigenvalue weighted by molar-refractivity contribution is 6.00. The van der Waals surface area contributed by atoms with Gasteiger partial charge in [0.25, 0.3) is 11.8 Å². The van der Waals surface area contributed by atoms with Crippen LogP contribution in [0.2, 0.25) is 0 Å². The van der Waals surface area contributed by atoms with Gasteiger partial charge in [0.2, 0.25) is 0 Å². The first-order chi connectivity index (χ1) is 13.4. The molecule has 0 aliphatic rings. The van der Waals surface area contributed by atoms with Gasteiger partial charge in [0.05, 0.1) is 17.8 Å². The molecule has 7 nitrogen and oxygen atoms in total. The largest absolute Gasteiger partial charge is 0.494 e. The predicted octanol–water partition coefficient (Wildman–Crippen LogP) is 2.65. The average molecular weight is 409 g/mol. The molecule has 0 spiro atoms. The highest BCUT2D eigenvalue weighted by Gasteiger charge is 2.19. The lowest BCUT2D eigenvalue weighted by Gasteiger charge is -2.19. The Morgan fingerprint density at radius 1 is 0.862 bits per heavy atom. The fraction of sp³-hybridized carbons (Fsp3) is 0.636. The number of rotatable bonds is 12. The molecule has 1 aromatic rings. The smallest absolute Gasteiger partial charge is 0.251 e. The minimum Gasteiger partial charge on any atom is -0.494 e. The van der Waals surface area contributed by atoms with E-state index in [-0.39, 0.29) is 24.2 Å². The number of hydrogen-bond acceptors (Lipinski definition) is 5. The van der Waals surface area contributed by atoms with Crippen LogP contribution in [-0.4, -0.2) is 52.9 Å².